The zero-order valence-corrected chi connectivity index (χ0v) is 11.4. The maximum Gasteiger partial charge on any atom is 0.393 e. The van der Waals surface area contributed by atoms with Gasteiger partial charge in [0.15, 0.2) is 0 Å². The molecule has 1 aromatic rings. The van der Waals surface area contributed by atoms with Crippen LogP contribution in [0.4, 0.5) is 17.6 Å². The van der Waals surface area contributed by atoms with Crippen LogP contribution >= 0.6 is 0 Å². The second kappa shape index (κ2) is 5.93. The zero-order valence-electron chi connectivity index (χ0n) is 11.4. The number of halogens is 4. The van der Waals surface area contributed by atoms with Gasteiger partial charge in [-0.15, -0.1) is 0 Å². The van der Waals surface area contributed by atoms with Gasteiger partial charge in [0, 0.05) is 25.2 Å². The van der Waals surface area contributed by atoms with E-state index in [4.69, 9.17) is 11.0 Å². The van der Waals surface area contributed by atoms with E-state index in [2.05, 4.69) is 0 Å². The van der Waals surface area contributed by atoms with Crippen molar-refractivity contribution in [3.63, 3.8) is 0 Å². The van der Waals surface area contributed by atoms with E-state index < -0.39 is 36.3 Å². The molecular weight excluding hydrogens is 302 g/mol. The van der Waals surface area contributed by atoms with Crippen molar-refractivity contribution in [1.29, 1.82) is 5.26 Å². The Labute approximate surface area is 124 Å². The van der Waals surface area contributed by atoms with E-state index in [1.165, 1.54) is 17.0 Å². The number of nitrogens with two attached hydrogens (primary N) is 1. The molecule has 8 heteroatoms. The number of rotatable bonds is 3. The molecule has 1 aliphatic heterocycles. The van der Waals surface area contributed by atoms with Gasteiger partial charge in [-0.25, -0.2) is 4.39 Å². The standard InChI is InChI=1S/C14H13F4N3O/c15-12-2-1-8(4-19)3-9(12)5-21-6-10(13(20)22)11(7-21)14(16,17)18/h1-3,10-11H,5-7H2,(H2,20,22)/t10-,11-/m1/s1. The highest BCUT2D eigenvalue weighted by Crippen LogP contribution is 2.38. The predicted octanol–water partition coefficient (Wildman–Crippen LogP) is 1.79. The van der Waals surface area contributed by atoms with Gasteiger partial charge in [-0.05, 0) is 18.2 Å². The number of nitrogens with zero attached hydrogens (tertiary/aromatic N) is 2. The Morgan fingerprint density at radius 1 is 1.41 bits per heavy atom. The highest BCUT2D eigenvalue weighted by molar-refractivity contribution is 5.77. The van der Waals surface area contributed by atoms with Crippen molar-refractivity contribution in [3.05, 3.63) is 35.1 Å². The van der Waals surface area contributed by atoms with Crippen LogP contribution in [-0.2, 0) is 11.3 Å². The average molecular weight is 315 g/mol. The first kappa shape index (κ1) is 16.2. The molecule has 1 aliphatic rings. The first-order valence-electron chi connectivity index (χ1n) is 6.49. The van der Waals surface area contributed by atoms with Gasteiger partial charge < -0.3 is 5.73 Å². The summed E-state index contributed by atoms with van der Waals surface area (Å²) in [6.45, 7) is -0.721. The van der Waals surface area contributed by atoms with Crippen LogP contribution in [0.2, 0.25) is 0 Å². The molecule has 1 heterocycles. The average Bonchev–Trinajstić information content (AvgIpc) is 2.85. The number of carbonyl (C=O) groups is 1. The van der Waals surface area contributed by atoms with Crippen LogP contribution in [0.25, 0.3) is 0 Å². The highest BCUT2D eigenvalue weighted by atomic mass is 19.4. The van der Waals surface area contributed by atoms with Crippen molar-refractivity contribution < 1.29 is 22.4 Å². The Morgan fingerprint density at radius 2 is 2.09 bits per heavy atom. The van der Waals surface area contributed by atoms with E-state index in [1.807, 2.05) is 6.07 Å². The smallest absolute Gasteiger partial charge is 0.369 e. The van der Waals surface area contributed by atoms with E-state index in [0.29, 0.717) is 0 Å². The summed E-state index contributed by atoms with van der Waals surface area (Å²) in [7, 11) is 0. The minimum atomic E-state index is -4.54. The molecule has 1 aromatic carbocycles. The van der Waals surface area contributed by atoms with Crippen molar-refractivity contribution in [1.82, 2.24) is 4.90 Å². The van der Waals surface area contributed by atoms with Crippen molar-refractivity contribution in [2.24, 2.45) is 17.6 Å². The molecule has 2 N–H and O–H groups in total. The summed E-state index contributed by atoms with van der Waals surface area (Å²) in [6.07, 6.45) is -4.54. The fourth-order valence-electron chi connectivity index (χ4n) is 2.64. The second-order valence-corrected chi connectivity index (χ2v) is 5.27. The number of alkyl halides is 3. The number of hydrogen-bond donors (Lipinski definition) is 1. The van der Waals surface area contributed by atoms with E-state index in [1.54, 1.807) is 0 Å². The Morgan fingerprint density at radius 3 is 2.59 bits per heavy atom. The Kier molecular flexibility index (Phi) is 4.37. The summed E-state index contributed by atoms with van der Waals surface area (Å²) < 4.78 is 52.5. The normalized spacial score (nSPS) is 22.5. The molecule has 0 saturated carbocycles. The third-order valence-corrected chi connectivity index (χ3v) is 3.75. The molecule has 1 fully saturated rings. The minimum absolute atomic E-state index is 0.113. The molecule has 0 radical (unpaired) electrons. The largest absolute Gasteiger partial charge is 0.393 e. The number of hydrogen-bond acceptors (Lipinski definition) is 3. The lowest BCUT2D eigenvalue weighted by atomic mass is 9.95. The van der Waals surface area contributed by atoms with Gasteiger partial charge in [0.1, 0.15) is 5.82 Å². The van der Waals surface area contributed by atoms with Crippen LogP contribution in [0.15, 0.2) is 18.2 Å². The molecule has 0 spiro atoms. The van der Waals surface area contributed by atoms with Crippen LogP contribution in [0.1, 0.15) is 11.1 Å². The van der Waals surface area contributed by atoms with Gasteiger partial charge in [0.05, 0.1) is 23.5 Å². The molecule has 1 saturated heterocycles. The molecule has 0 aromatic heterocycles. The lowest BCUT2D eigenvalue weighted by molar-refractivity contribution is -0.182. The van der Waals surface area contributed by atoms with Crippen LogP contribution in [-0.4, -0.2) is 30.1 Å². The van der Waals surface area contributed by atoms with E-state index >= 15 is 0 Å². The summed E-state index contributed by atoms with van der Waals surface area (Å²) in [5, 5.41) is 8.78. The van der Waals surface area contributed by atoms with Gasteiger partial charge in [0.2, 0.25) is 5.91 Å². The predicted molar refractivity (Wildman–Crippen MR) is 68.6 cm³/mol. The second-order valence-electron chi connectivity index (χ2n) is 5.27. The van der Waals surface area contributed by atoms with Crippen LogP contribution < -0.4 is 5.73 Å². The minimum Gasteiger partial charge on any atom is -0.369 e. The molecule has 22 heavy (non-hydrogen) atoms. The maximum absolute atomic E-state index is 13.7. The molecule has 0 aliphatic carbocycles. The lowest BCUT2D eigenvalue weighted by Gasteiger charge is -2.19. The molecule has 118 valence electrons. The topological polar surface area (TPSA) is 70.1 Å². The van der Waals surface area contributed by atoms with Gasteiger partial charge in [-0.3, -0.25) is 9.69 Å². The fourth-order valence-corrected chi connectivity index (χ4v) is 2.64. The quantitative estimate of drug-likeness (QED) is 0.865. The van der Waals surface area contributed by atoms with Crippen LogP contribution in [0, 0.1) is 29.0 Å². The molecule has 1 amide bonds. The third-order valence-electron chi connectivity index (χ3n) is 3.75. The van der Waals surface area contributed by atoms with E-state index in [-0.39, 0.29) is 24.2 Å². The first-order chi connectivity index (χ1) is 10.2. The van der Waals surface area contributed by atoms with E-state index in [9.17, 15) is 22.4 Å². The van der Waals surface area contributed by atoms with Gasteiger partial charge in [-0.2, -0.15) is 18.4 Å². The Bertz CT molecular complexity index is 623. The number of carbonyl (C=O) groups excluding carboxylic acids is 1. The molecular formula is C14H13F4N3O. The first-order valence-corrected chi connectivity index (χ1v) is 6.49. The summed E-state index contributed by atoms with van der Waals surface area (Å²) in [4.78, 5) is 12.5. The van der Waals surface area contributed by atoms with Crippen LogP contribution in [0.5, 0.6) is 0 Å². The van der Waals surface area contributed by atoms with Gasteiger partial charge in [-0.1, -0.05) is 0 Å². The molecule has 0 unspecified atom stereocenters. The number of likely N-dealkylation sites (tertiary alicyclic amines) is 1. The number of nitriles is 1. The Balaban J connectivity index is 2.19. The number of primary amides is 1. The lowest BCUT2D eigenvalue weighted by Crippen LogP contribution is -2.37. The summed E-state index contributed by atoms with van der Waals surface area (Å²) in [5.41, 5.74) is 5.37. The third kappa shape index (κ3) is 3.36. The maximum atomic E-state index is 13.7. The zero-order chi connectivity index (χ0) is 16.5. The van der Waals surface area contributed by atoms with Crippen molar-refractivity contribution in [2.75, 3.05) is 13.1 Å². The SMILES string of the molecule is N#Cc1ccc(F)c(CN2C[C@@H](C(F)(F)F)[C@H](C(N)=O)C2)c1. The van der Waals surface area contributed by atoms with Crippen molar-refractivity contribution in [3.8, 4) is 6.07 Å². The Hall–Kier alpha value is -2.14. The van der Waals surface area contributed by atoms with Crippen LogP contribution in [0.3, 0.4) is 0 Å². The molecule has 2 atom stereocenters. The highest BCUT2D eigenvalue weighted by Gasteiger charge is 2.51. The molecule has 4 nitrogen and oxygen atoms in total. The van der Waals surface area contributed by atoms with Gasteiger partial charge in [0.25, 0.3) is 0 Å². The monoisotopic (exact) mass is 315 g/mol. The molecule has 0 bridgehead atoms. The van der Waals surface area contributed by atoms with Gasteiger partial charge >= 0.3 is 6.18 Å². The van der Waals surface area contributed by atoms with Crippen molar-refractivity contribution in [2.45, 2.75) is 12.7 Å². The number of amides is 1. The molecule has 2 rings (SSSR count). The fraction of sp³-hybridized carbons (Fsp3) is 0.429. The summed E-state index contributed by atoms with van der Waals surface area (Å²) in [5.74, 6) is -4.82. The summed E-state index contributed by atoms with van der Waals surface area (Å²) >= 11 is 0. The number of benzene rings is 1. The van der Waals surface area contributed by atoms with E-state index in [0.717, 1.165) is 6.07 Å². The van der Waals surface area contributed by atoms with Crippen molar-refractivity contribution >= 4 is 5.91 Å². The summed E-state index contributed by atoms with van der Waals surface area (Å²) in [6, 6.07) is 5.51.